The van der Waals surface area contributed by atoms with E-state index in [0.29, 0.717) is 0 Å². The van der Waals surface area contributed by atoms with E-state index in [0.717, 1.165) is 12.5 Å². The van der Waals surface area contributed by atoms with Gasteiger partial charge in [-0.2, -0.15) is 0 Å². The van der Waals surface area contributed by atoms with E-state index in [1.165, 1.54) is 71.0 Å². The number of nitrogens with zero attached hydrogens (tertiary/aromatic N) is 1. The van der Waals surface area contributed by atoms with Crippen LogP contribution in [0.15, 0.2) is 0 Å². The molecule has 0 aromatic carbocycles. The van der Waals surface area contributed by atoms with Crippen LogP contribution in [0.3, 0.4) is 0 Å². The van der Waals surface area contributed by atoms with Crippen LogP contribution in [0.25, 0.3) is 0 Å². The van der Waals surface area contributed by atoms with Crippen molar-refractivity contribution < 1.29 is 0 Å². The third-order valence-electron chi connectivity index (χ3n) is 3.79. The molecule has 0 bridgehead atoms. The van der Waals surface area contributed by atoms with Crippen molar-refractivity contribution in [2.75, 3.05) is 26.2 Å². The second kappa shape index (κ2) is 9.00. The molecular formula is C14H30N2. The summed E-state index contributed by atoms with van der Waals surface area (Å²) in [6.07, 6.45) is 11.0. The lowest BCUT2D eigenvalue weighted by atomic mass is 10.0. The number of unbranched alkanes of at least 4 members (excludes halogenated alkanes) is 4. The smallest absolute Gasteiger partial charge is 0.00162 e. The zero-order valence-corrected chi connectivity index (χ0v) is 11.1. The van der Waals surface area contributed by atoms with Gasteiger partial charge in [-0.1, -0.05) is 26.2 Å². The molecule has 2 heteroatoms. The molecule has 1 saturated heterocycles. The van der Waals surface area contributed by atoms with Crippen molar-refractivity contribution in [2.24, 2.45) is 11.7 Å². The lowest BCUT2D eigenvalue weighted by Crippen LogP contribution is -2.25. The second-order valence-electron chi connectivity index (χ2n) is 5.43. The molecule has 0 aromatic heterocycles. The third kappa shape index (κ3) is 6.49. The van der Waals surface area contributed by atoms with E-state index in [-0.39, 0.29) is 0 Å². The van der Waals surface area contributed by atoms with Crippen LogP contribution in [0, 0.1) is 5.92 Å². The Morgan fingerprint density at radius 1 is 1.00 bits per heavy atom. The van der Waals surface area contributed by atoms with Gasteiger partial charge in [-0.3, -0.25) is 0 Å². The largest absolute Gasteiger partial charge is 0.330 e. The van der Waals surface area contributed by atoms with E-state index in [1.807, 2.05) is 0 Å². The van der Waals surface area contributed by atoms with Gasteiger partial charge < -0.3 is 10.6 Å². The Morgan fingerprint density at radius 3 is 2.56 bits per heavy atom. The van der Waals surface area contributed by atoms with Crippen molar-refractivity contribution in [2.45, 2.75) is 58.3 Å². The highest BCUT2D eigenvalue weighted by Crippen LogP contribution is 2.16. The van der Waals surface area contributed by atoms with Gasteiger partial charge in [0.05, 0.1) is 0 Å². The average molecular weight is 226 g/mol. The second-order valence-corrected chi connectivity index (χ2v) is 5.43. The molecule has 0 saturated carbocycles. The van der Waals surface area contributed by atoms with E-state index < -0.39 is 0 Å². The summed E-state index contributed by atoms with van der Waals surface area (Å²) >= 11 is 0. The molecule has 0 spiro atoms. The van der Waals surface area contributed by atoms with Crippen LogP contribution in [-0.4, -0.2) is 31.1 Å². The zero-order chi connectivity index (χ0) is 11.6. The summed E-state index contributed by atoms with van der Waals surface area (Å²) < 4.78 is 0. The van der Waals surface area contributed by atoms with Gasteiger partial charge in [0.2, 0.25) is 0 Å². The van der Waals surface area contributed by atoms with E-state index in [9.17, 15) is 0 Å². The molecule has 96 valence electrons. The van der Waals surface area contributed by atoms with Crippen LogP contribution in [0.4, 0.5) is 0 Å². The van der Waals surface area contributed by atoms with Crippen molar-refractivity contribution in [3.05, 3.63) is 0 Å². The number of rotatable bonds is 7. The minimum Gasteiger partial charge on any atom is -0.330 e. The van der Waals surface area contributed by atoms with E-state index in [4.69, 9.17) is 5.73 Å². The maximum absolute atomic E-state index is 5.48. The molecule has 1 aliphatic rings. The Bertz CT molecular complexity index is 159. The highest BCUT2D eigenvalue weighted by atomic mass is 15.1. The number of likely N-dealkylation sites (tertiary alicyclic amines) is 1. The molecule has 2 N–H and O–H groups in total. The lowest BCUT2D eigenvalue weighted by Gasteiger charge is -2.19. The van der Waals surface area contributed by atoms with Crippen LogP contribution in [-0.2, 0) is 0 Å². The Kier molecular flexibility index (Phi) is 7.87. The molecule has 0 aliphatic carbocycles. The predicted octanol–water partition coefficient (Wildman–Crippen LogP) is 3.02. The quantitative estimate of drug-likeness (QED) is 0.676. The molecule has 1 unspecified atom stereocenters. The number of hydrogen-bond donors (Lipinski definition) is 1. The molecule has 1 rings (SSSR count). The first-order chi connectivity index (χ1) is 7.83. The summed E-state index contributed by atoms with van der Waals surface area (Å²) in [6, 6.07) is 0. The van der Waals surface area contributed by atoms with Crippen molar-refractivity contribution in [3.8, 4) is 0 Å². The minimum absolute atomic E-state index is 0.865. The Hall–Kier alpha value is -0.0800. The van der Waals surface area contributed by atoms with E-state index >= 15 is 0 Å². The van der Waals surface area contributed by atoms with Gasteiger partial charge in [-0.25, -0.2) is 0 Å². The van der Waals surface area contributed by atoms with E-state index in [2.05, 4.69) is 11.8 Å². The fourth-order valence-corrected chi connectivity index (χ4v) is 2.56. The van der Waals surface area contributed by atoms with Crippen LogP contribution in [0.1, 0.15) is 58.3 Å². The molecule has 1 heterocycles. The molecule has 1 fully saturated rings. The Morgan fingerprint density at radius 2 is 1.75 bits per heavy atom. The van der Waals surface area contributed by atoms with Crippen LogP contribution < -0.4 is 5.73 Å². The average Bonchev–Trinajstić information content (AvgIpc) is 2.49. The normalized spacial score (nSPS) is 23.2. The van der Waals surface area contributed by atoms with Crippen molar-refractivity contribution in [1.82, 2.24) is 4.90 Å². The molecule has 0 aromatic rings. The Balaban J connectivity index is 1.95. The fourth-order valence-electron chi connectivity index (χ4n) is 2.56. The topological polar surface area (TPSA) is 29.3 Å². The lowest BCUT2D eigenvalue weighted by molar-refractivity contribution is 0.274. The number of nitrogens with two attached hydrogens (primary N) is 1. The molecule has 0 radical (unpaired) electrons. The fraction of sp³-hybridized carbons (Fsp3) is 1.00. The highest BCUT2D eigenvalue weighted by molar-refractivity contribution is 4.67. The first-order valence-corrected chi connectivity index (χ1v) is 7.25. The summed E-state index contributed by atoms with van der Waals surface area (Å²) in [4.78, 5) is 2.67. The van der Waals surface area contributed by atoms with Gasteiger partial charge in [0.25, 0.3) is 0 Å². The van der Waals surface area contributed by atoms with Gasteiger partial charge in [0, 0.05) is 0 Å². The molecular weight excluding hydrogens is 196 g/mol. The Labute approximate surface area is 102 Å². The molecule has 2 nitrogen and oxygen atoms in total. The van der Waals surface area contributed by atoms with Crippen LogP contribution >= 0.6 is 0 Å². The summed E-state index contributed by atoms with van der Waals surface area (Å²) in [7, 11) is 0. The van der Waals surface area contributed by atoms with Crippen LogP contribution in [0.2, 0.25) is 0 Å². The SMILES string of the molecule is CC1CCCN(CCCCCCCN)CC1. The first-order valence-electron chi connectivity index (χ1n) is 7.25. The standard InChI is InChI=1S/C14H30N2/c1-14-8-7-12-16(13-9-14)11-6-4-2-3-5-10-15/h14H,2-13,15H2,1H3. The zero-order valence-electron chi connectivity index (χ0n) is 11.1. The van der Waals surface area contributed by atoms with Crippen molar-refractivity contribution in [3.63, 3.8) is 0 Å². The monoisotopic (exact) mass is 226 g/mol. The predicted molar refractivity (Wildman–Crippen MR) is 71.6 cm³/mol. The summed E-state index contributed by atoms with van der Waals surface area (Å²) in [5.74, 6) is 0.953. The molecule has 16 heavy (non-hydrogen) atoms. The van der Waals surface area contributed by atoms with Crippen molar-refractivity contribution in [1.29, 1.82) is 0 Å². The van der Waals surface area contributed by atoms with Gasteiger partial charge >= 0.3 is 0 Å². The van der Waals surface area contributed by atoms with Gasteiger partial charge in [0.1, 0.15) is 0 Å². The number of hydrogen-bond acceptors (Lipinski definition) is 2. The maximum atomic E-state index is 5.48. The first kappa shape index (κ1) is 14.0. The van der Waals surface area contributed by atoms with Crippen molar-refractivity contribution >= 4 is 0 Å². The maximum Gasteiger partial charge on any atom is -0.00162 e. The van der Waals surface area contributed by atoms with E-state index in [1.54, 1.807) is 0 Å². The summed E-state index contributed by atoms with van der Waals surface area (Å²) in [6.45, 7) is 7.27. The van der Waals surface area contributed by atoms with Gasteiger partial charge in [-0.15, -0.1) is 0 Å². The molecule has 1 atom stereocenters. The minimum atomic E-state index is 0.865. The summed E-state index contributed by atoms with van der Waals surface area (Å²) in [5.41, 5.74) is 5.48. The van der Waals surface area contributed by atoms with Gasteiger partial charge in [-0.05, 0) is 64.2 Å². The van der Waals surface area contributed by atoms with Gasteiger partial charge in [0.15, 0.2) is 0 Å². The summed E-state index contributed by atoms with van der Waals surface area (Å²) in [5, 5.41) is 0. The highest BCUT2D eigenvalue weighted by Gasteiger charge is 2.12. The van der Waals surface area contributed by atoms with Crippen LogP contribution in [0.5, 0.6) is 0 Å². The molecule has 0 amide bonds. The molecule has 1 aliphatic heterocycles. The third-order valence-corrected chi connectivity index (χ3v) is 3.79.